The first-order valence-corrected chi connectivity index (χ1v) is 10.5. The quantitative estimate of drug-likeness (QED) is 0.379. The highest BCUT2D eigenvalue weighted by Gasteiger charge is 2.14. The molecule has 9 heteroatoms. The maximum absolute atomic E-state index is 12.4. The lowest BCUT2D eigenvalue weighted by molar-refractivity contribution is 0.0828. The fourth-order valence-electron chi connectivity index (χ4n) is 3.06. The lowest BCUT2D eigenvalue weighted by Gasteiger charge is -2.08. The molecule has 0 radical (unpaired) electrons. The van der Waals surface area contributed by atoms with Gasteiger partial charge < -0.3 is 18.4 Å². The van der Waals surface area contributed by atoms with Gasteiger partial charge in [-0.3, -0.25) is 20.4 Å². The number of carbonyl (C=O) groups is 2. The molecular formula is C25H23N3O6. The molecular weight excluding hydrogens is 438 g/mol. The summed E-state index contributed by atoms with van der Waals surface area (Å²) in [6.45, 7) is 4.15. The van der Waals surface area contributed by atoms with Crippen LogP contribution >= 0.6 is 0 Å². The Balaban J connectivity index is 1.24. The largest absolute Gasteiger partial charge is 0.489 e. The van der Waals surface area contributed by atoms with Crippen molar-refractivity contribution in [2.24, 2.45) is 0 Å². The molecule has 2 aromatic carbocycles. The topological polar surface area (TPSA) is 116 Å². The summed E-state index contributed by atoms with van der Waals surface area (Å²) in [7, 11) is 0. The molecule has 2 N–H and O–H groups in total. The normalized spacial score (nSPS) is 10.5. The molecule has 0 aliphatic rings. The van der Waals surface area contributed by atoms with Crippen molar-refractivity contribution in [3.8, 4) is 11.5 Å². The number of nitrogens with one attached hydrogen (secondary N) is 2. The van der Waals surface area contributed by atoms with E-state index in [0.29, 0.717) is 35.2 Å². The summed E-state index contributed by atoms with van der Waals surface area (Å²) >= 11 is 0. The fourth-order valence-corrected chi connectivity index (χ4v) is 3.06. The van der Waals surface area contributed by atoms with Crippen LogP contribution in [0.5, 0.6) is 11.5 Å². The van der Waals surface area contributed by atoms with Crippen molar-refractivity contribution < 1.29 is 28.0 Å². The minimum atomic E-state index is -0.585. The van der Waals surface area contributed by atoms with Gasteiger partial charge in [-0.15, -0.1) is 0 Å². The Labute approximate surface area is 195 Å². The Bertz CT molecular complexity index is 1240. The van der Waals surface area contributed by atoms with Crippen molar-refractivity contribution >= 4 is 11.8 Å². The molecule has 2 aromatic heterocycles. The number of hydrogen-bond donors (Lipinski definition) is 2. The third-order valence-electron chi connectivity index (χ3n) is 4.98. The molecule has 4 aromatic rings. The summed E-state index contributed by atoms with van der Waals surface area (Å²) < 4.78 is 21.9. The number of nitrogens with zero attached hydrogens (tertiary/aromatic N) is 1. The minimum absolute atomic E-state index is 0.0510. The zero-order valence-electron chi connectivity index (χ0n) is 18.7. The first-order valence-electron chi connectivity index (χ1n) is 10.5. The fraction of sp³-hybridized carbons (Fsp3) is 0.160. The lowest BCUT2D eigenvalue weighted by Crippen LogP contribution is -2.41. The van der Waals surface area contributed by atoms with Crippen LogP contribution in [0.25, 0.3) is 0 Å². The minimum Gasteiger partial charge on any atom is -0.489 e. The van der Waals surface area contributed by atoms with Gasteiger partial charge in [0, 0.05) is 5.56 Å². The number of aromatic nitrogens is 1. The van der Waals surface area contributed by atoms with E-state index >= 15 is 0 Å². The molecule has 0 aliphatic carbocycles. The second-order valence-corrected chi connectivity index (χ2v) is 7.39. The van der Waals surface area contributed by atoms with E-state index in [9.17, 15) is 9.59 Å². The number of aryl methyl sites for hydroxylation is 2. The van der Waals surface area contributed by atoms with E-state index < -0.39 is 11.8 Å². The first-order chi connectivity index (χ1) is 16.5. The molecule has 2 amide bonds. The standard InChI is InChI=1S/C25H23N3O6/c1-16-22(17(2)34-28-16)15-32-20-10-8-18(9-11-20)24(29)26-27-25(30)23-13-12-21(33-23)14-31-19-6-4-3-5-7-19/h3-13H,14-15H2,1-2H3,(H,26,29)(H,27,30). The van der Waals surface area contributed by atoms with Gasteiger partial charge in [0.05, 0.1) is 11.3 Å². The smallest absolute Gasteiger partial charge is 0.305 e. The van der Waals surface area contributed by atoms with Crippen LogP contribution in [0, 0.1) is 13.8 Å². The highest BCUT2D eigenvalue weighted by atomic mass is 16.5. The molecule has 0 unspecified atom stereocenters. The van der Waals surface area contributed by atoms with E-state index in [1.54, 1.807) is 30.3 Å². The first kappa shape index (κ1) is 22.7. The van der Waals surface area contributed by atoms with Crippen LogP contribution in [-0.2, 0) is 13.2 Å². The van der Waals surface area contributed by atoms with Crippen LogP contribution in [0.4, 0.5) is 0 Å². The number of para-hydroxylation sites is 1. The molecule has 4 rings (SSSR count). The van der Waals surface area contributed by atoms with E-state index in [-0.39, 0.29) is 12.4 Å². The van der Waals surface area contributed by atoms with Gasteiger partial charge in [-0.25, -0.2) is 0 Å². The van der Waals surface area contributed by atoms with Gasteiger partial charge in [0.2, 0.25) is 0 Å². The highest BCUT2D eigenvalue weighted by molar-refractivity contribution is 5.98. The lowest BCUT2D eigenvalue weighted by atomic mass is 10.2. The Morgan fingerprint density at radius 2 is 1.50 bits per heavy atom. The number of benzene rings is 2. The van der Waals surface area contributed by atoms with E-state index in [4.69, 9.17) is 18.4 Å². The van der Waals surface area contributed by atoms with Crippen LogP contribution in [0.2, 0.25) is 0 Å². The molecule has 0 atom stereocenters. The van der Waals surface area contributed by atoms with Crippen molar-refractivity contribution in [2.45, 2.75) is 27.1 Å². The van der Waals surface area contributed by atoms with Crippen LogP contribution in [-0.4, -0.2) is 17.0 Å². The summed E-state index contributed by atoms with van der Waals surface area (Å²) in [6.07, 6.45) is 0. The maximum atomic E-state index is 12.4. The summed E-state index contributed by atoms with van der Waals surface area (Å²) in [6, 6.07) is 18.9. The Kier molecular flexibility index (Phi) is 6.92. The molecule has 2 heterocycles. The molecule has 0 saturated carbocycles. The zero-order chi connectivity index (χ0) is 23.9. The van der Waals surface area contributed by atoms with Crippen LogP contribution < -0.4 is 20.3 Å². The monoisotopic (exact) mass is 461 g/mol. The number of furan rings is 1. The third kappa shape index (κ3) is 5.63. The van der Waals surface area contributed by atoms with Gasteiger partial charge in [-0.05, 0) is 62.4 Å². The van der Waals surface area contributed by atoms with Crippen molar-refractivity contribution in [1.29, 1.82) is 0 Å². The van der Waals surface area contributed by atoms with Gasteiger partial charge in [0.1, 0.15) is 36.2 Å². The van der Waals surface area contributed by atoms with Crippen molar-refractivity contribution in [2.75, 3.05) is 0 Å². The van der Waals surface area contributed by atoms with Gasteiger partial charge in [-0.1, -0.05) is 23.4 Å². The molecule has 0 bridgehead atoms. The van der Waals surface area contributed by atoms with E-state index in [2.05, 4.69) is 16.0 Å². The Hall–Kier alpha value is -4.53. The predicted molar refractivity (Wildman–Crippen MR) is 121 cm³/mol. The number of amides is 2. The summed E-state index contributed by atoms with van der Waals surface area (Å²) in [5.74, 6) is 1.45. The van der Waals surface area contributed by atoms with Gasteiger partial charge in [0.15, 0.2) is 5.76 Å². The van der Waals surface area contributed by atoms with Crippen LogP contribution in [0.1, 0.15) is 43.7 Å². The van der Waals surface area contributed by atoms with Crippen LogP contribution in [0.3, 0.4) is 0 Å². The molecule has 34 heavy (non-hydrogen) atoms. The molecule has 9 nitrogen and oxygen atoms in total. The van der Waals surface area contributed by atoms with Gasteiger partial charge in [-0.2, -0.15) is 0 Å². The highest BCUT2D eigenvalue weighted by Crippen LogP contribution is 2.18. The Morgan fingerprint density at radius 1 is 0.824 bits per heavy atom. The van der Waals surface area contributed by atoms with Gasteiger partial charge >= 0.3 is 5.91 Å². The summed E-state index contributed by atoms with van der Waals surface area (Å²) in [4.78, 5) is 24.6. The average Bonchev–Trinajstić information content (AvgIpc) is 3.47. The molecule has 0 saturated heterocycles. The van der Waals surface area contributed by atoms with E-state index in [1.165, 1.54) is 6.07 Å². The molecule has 0 fully saturated rings. The van der Waals surface area contributed by atoms with Gasteiger partial charge in [0.25, 0.3) is 5.91 Å². The summed E-state index contributed by atoms with van der Waals surface area (Å²) in [5.41, 5.74) is 6.70. The maximum Gasteiger partial charge on any atom is 0.305 e. The molecule has 0 aliphatic heterocycles. The van der Waals surface area contributed by atoms with Crippen LogP contribution in [0.15, 0.2) is 75.7 Å². The number of hydrogen-bond acceptors (Lipinski definition) is 7. The van der Waals surface area contributed by atoms with E-state index in [0.717, 1.165) is 11.3 Å². The summed E-state index contributed by atoms with van der Waals surface area (Å²) in [5, 5.41) is 3.89. The number of rotatable bonds is 8. The SMILES string of the molecule is Cc1noc(C)c1COc1ccc(C(=O)NNC(=O)c2ccc(COc3ccccc3)o2)cc1. The number of hydrazine groups is 1. The van der Waals surface area contributed by atoms with E-state index in [1.807, 2.05) is 44.2 Å². The third-order valence-corrected chi connectivity index (χ3v) is 4.98. The molecule has 174 valence electrons. The Morgan fingerprint density at radius 3 is 2.21 bits per heavy atom. The number of carbonyl (C=O) groups excluding carboxylic acids is 2. The number of ether oxygens (including phenoxy) is 2. The second-order valence-electron chi connectivity index (χ2n) is 7.39. The zero-order valence-corrected chi connectivity index (χ0v) is 18.7. The molecule has 0 spiro atoms. The van der Waals surface area contributed by atoms with Crippen molar-refractivity contribution in [1.82, 2.24) is 16.0 Å². The second kappa shape index (κ2) is 10.4. The van der Waals surface area contributed by atoms with Crippen molar-refractivity contribution in [3.05, 3.63) is 101 Å². The predicted octanol–water partition coefficient (Wildman–Crippen LogP) is 4.12. The van der Waals surface area contributed by atoms with Crippen molar-refractivity contribution in [3.63, 3.8) is 0 Å². The average molecular weight is 461 g/mol.